The zero-order valence-corrected chi connectivity index (χ0v) is 17.5. The predicted molar refractivity (Wildman–Crippen MR) is 113 cm³/mol. The lowest BCUT2D eigenvalue weighted by Gasteiger charge is -2.38. The fourth-order valence-electron chi connectivity index (χ4n) is 3.54. The number of rotatable bonds is 5. The maximum atomic E-state index is 12.5. The Balaban J connectivity index is 0.00000196. The van der Waals surface area contributed by atoms with Gasteiger partial charge in [0.05, 0.1) is 6.42 Å². The summed E-state index contributed by atoms with van der Waals surface area (Å²) in [6.07, 6.45) is 5.51. The number of carbonyl (C=O) groups excluding carboxylic acids is 1. The smallest absolute Gasteiger partial charge is 0.317 e. The summed E-state index contributed by atoms with van der Waals surface area (Å²) in [4.78, 5) is 33.5. The Labute approximate surface area is 178 Å². The lowest BCUT2D eigenvalue weighted by molar-refractivity contribution is -0.137. The first-order chi connectivity index (χ1) is 12.6. The number of aliphatic carboxylic acids is 1. The van der Waals surface area contributed by atoms with Gasteiger partial charge in [0.2, 0.25) is 0 Å². The third-order valence-electron chi connectivity index (χ3n) is 5.15. The Hall–Kier alpha value is -1.77. The van der Waals surface area contributed by atoms with Crippen LogP contribution in [0, 0.1) is 0 Å². The van der Waals surface area contributed by atoms with Crippen LogP contribution in [0.4, 0.5) is 10.5 Å². The van der Waals surface area contributed by atoms with Gasteiger partial charge >= 0.3 is 12.0 Å². The monoisotopic (exact) mass is 433 g/mol. The Morgan fingerprint density at radius 1 is 1.04 bits per heavy atom. The van der Waals surface area contributed by atoms with Gasteiger partial charge in [0.1, 0.15) is 0 Å². The molecule has 2 fully saturated rings. The molecule has 0 aliphatic carbocycles. The second kappa shape index (κ2) is 11.9. The van der Waals surface area contributed by atoms with E-state index in [1.807, 2.05) is 17.0 Å². The van der Waals surface area contributed by atoms with Crippen LogP contribution in [0.1, 0.15) is 19.3 Å². The molecule has 158 valence electrons. The van der Waals surface area contributed by atoms with E-state index in [2.05, 4.69) is 20.1 Å². The van der Waals surface area contributed by atoms with Crippen molar-refractivity contribution in [1.82, 2.24) is 20.1 Å². The minimum atomic E-state index is -0.758. The number of piperidine rings is 1. The number of likely N-dealkylation sites (tertiary alicyclic amines) is 1. The Morgan fingerprint density at radius 3 is 2.21 bits per heavy atom. The molecule has 1 aromatic heterocycles. The summed E-state index contributed by atoms with van der Waals surface area (Å²) >= 11 is 0. The Morgan fingerprint density at radius 2 is 1.64 bits per heavy atom. The number of halogens is 2. The summed E-state index contributed by atoms with van der Waals surface area (Å²) in [5.74, 6) is -0.758. The van der Waals surface area contributed by atoms with Crippen molar-refractivity contribution in [3.8, 4) is 0 Å². The molecule has 8 nitrogen and oxygen atoms in total. The maximum Gasteiger partial charge on any atom is 0.317 e. The average molecular weight is 434 g/mol. The second-order valence-electron chi connectivity index (χ2n) is 6.89. The van der Waals surface area contributed by atoms with Crippen molar-refractivity contribution in [2.75, 3.05) is 50.7 Å². The van der Waals surface area contributed by atoms with Crippen molar-refractivity contribution in [2.24, 2.45) is 0 Å². The van der Waals surface area contributed by atoms with E-state index in [1.165, 1.54) is 0 Å². The van der Waals surface area contributed by atoms with Crippen molar-refractivity contribution in [3.63, 3.8) is 0 Å². The molecule has 1 aromatic rings. The van der Waals surface area contributed by atoms with Gasteiger partial charge < -0.3 is 25.1 Å². The number of aromatic nitrogens is 1. The van der Waals surface area contributed by atoms with Gasteiger partial charge in [-0.25, -0.2) is 4.79 Å². The average Bonchev–Trinajstić information content (AvgIpc) is 2.68. The summed E-state index contributed by atoms with van der Waals surface area (Å²) in [5, 5.41) is 11.9. The minimum Gasteiger partial charge on any atom is -0.481 e. The zero-order chi connectivity index (χ0) is 18.4. The molecule has 10 heteroatoms. The van der Waals surface area contributed by atoms with Gasteiger partial charge in [-0.15, -0.1) is 24.8 Å². The number of carbonyl (C=O) groups is 2. The van der Waals surface area contributed by atoms with Crippen LogP contribution in [0.15, 0.2) is 24.5 Å². The van der Waals surface area contributed by atoms with Crippen LogP contribution in [0.2, 0.25) is 0 Å². The van der Waals surface area contributed by atoms with E-state index in [9.17, 15) is 9.59 Å². The highest BCUT2D eigenvalue weighted by Gasteiger charge is 2.25. The molecule has 2 aliphatic heterocycles. The number of amides is 2. The number of hydrogen-bond donors (Lipinski definition) is 2. The fraction of sp³-hybridized carbons (Fsp3) is 0.611. The van der Waals surface area contributed by atoms with E-state index >= 15 is 0 Å². The summed E-state index contributed by atoms with van der Waals surface area (Å²) in [7, 11) is 0. The van der Waals surface area contributed by atoms with E-state index in [-0.39, 0.29) is 43.3 Å². The first-order valence-corrected chi connectivity index (χ1v) is 9.26. The molecule has 3 heterocycles. The van der Waals surface area contributed by atoms with E-state index in [0.717, 1.165) is 44.7 Å². The third-order valence-corrected chi connectivity index (χ3v) is 5.15. The number of nitrogens with zero attached hydrogens (tertiary/aromatic N) is 4. The molecule has 0 saturated carbocycles. The van der Waals surface area contributed by atoms with E-state index < -0.39 is 5.97 Å². The van der Waals surface area contributed by atoms with Crippen LogP contribution in [0.5, 0.6) is 0 Å². The van der Waals surface area contributed by atoms with Gasteiger partial charge in [0.15, 0.2) is 0 Å². The van der Waals surface area contributed by atoms with Crippen molar-refractivity contribution < 1.29 is 14.7 Å². The van der Waals surface area contributed by atoms with Gasteiger partial charge in [-0.2, -0.15) is 0 Å². The van der Waals surface area contributed by atoms with Crippen LogP contribution < -0.4 is 10.2 Å². The van der Waals surface area contributed by atoms with Gasteiger partial charge in [0.25, 0.3) is 0 Å². The highest BCUT2D eigenvalue weighted by Crippen LogP contribution is 2.15. The first-order valence-electron chi connectivity index (χ1n) is 9.26. The SMILES string of the molecule is Cl.Cl.O=C(O)CCN1CCC(NC(=O)N2CCN(c3ccncc3)CC2)CC1. The number of hydrogen-bond acceptors (Lipinski definition) is 5. The number of anilines is 1. The molecule has 0 aromatic carbocycles. The molecule has 2 N–H and O–H groups in total. The molecule has 2 amide bonds. The number of urea groups is 1. The lowest BCUT2D eigenvalue weighted by Crippen LogP contribution is -2.55. The zero-order valence-electron chi connectivity index (χ0n) is 15.8. The predicted octanol–water partition coefficient (Wildman–Crippen LogP) is 1.70. The standard InChI is InChI=1S/C18H27N5O3.2ClH/c24-17(25)5-10-21-8-3-15(4-9-21)20-18(26)23-13-11-22(12-14-23)16-1-6-19-7-2-16;;/h1-2,6-7,15H,3-5,8-14H2,(H,20,26)(H,24,25);2*1H. The van der Waals surface area contributed by atoms with Crippen LogP contribution in [-0.4, -0.2) is 83.7 Å². The van der Waals surface area contributed by atoms with Crippen LogP contribution in [0.25, 0.3) is 0 Å². The fourth-order valence-corrected chi connectivity index (χ4v) is 3.54. The molecule has 2 saturated heterocycles. The third kappa shape index (κ3) is 7.00. The molecule has 3 rings (SSSR count). The molecular formula is C18H29Cl2N5O3. The van der Waals surface area contributed by atoms with Gasteiger partial charge in [0, 0.05) is 69.9 Å². The number of carboxylic acids is 1. The highest BCUT2D eigenvalue weighted by atomic mass is 35.5. The maximum absolute atomic E-state index is 12.5. The second-order valence-corrected chi connectivity index (χ2v) is 6.89. The summed E-state index contributed by atoms with van der Waals surface area (Å²) in [5.41, 5.74) is 1.15. The Kier molecular flexibility index (Phi) is 10.3. The number of piperazine rings is 1. The quantitative estimate of drug-likeness (QED) is 0.734. The molecule has 0 bridgehead atoms. The minimum absolute atomic E-state index is 0. The molecule has 0 spiro atoms. The number of nitrogens with one attached hydrogen (secondary N) is 1. The van der Waals surface area contributed by atoms with Gasteiger partial charge in [-0.1, -0.05) is 0 Å². The van der Waals surface area contributed by atoms with Gasteiger partial charge in [-0.05, 0) is 25.0 Å². The number of pyridine rings is 1. The van der Waals surface area contributed by atoms with Crippen LogP contribution in [0.3, 0.4) is 0 Å². The summed E-state index contributed by atoms with van der Waals surface area (Å²) < 4.78 is 0. The molecular weight excluding hydrogens is 405 g/mol. The molecule has 0 atom stereocenters. The Bertz CT molecular complexity index is 606. The van der Waals surface area contributed by atoms with Gasteiger partial charge in [-0.3, -0.25) is 9.78 Å². The highest BCUT2D eigenvalue weighted by molar-refractivity contribution is 5.85. The van der Waals surface area contributed by atoms with E-state index in [4.69, 9.17) is 5.11 Å². The van der Waals surface area contributed by atoms with Crippen LogP contribution >= 0.6 is 24.8 Å². The van der Waals surface area contributed by atoms with Crippen LogP contribution in [-0.2, 0) is 4.79 Å². The van der Waals surface area contributed by atoms with Crippen molar-refractivity contribution in [1.29, 1.82) is 0 Å². The lowest BCUT2D eigenvalue weighted by atomic mass is 10.1. The molecule has 0 radical (unpaired) electrons. The normalized spacial score (nSPS) is 18.0. The van der Waals surface area contributed by atoms with Crippen molar-refractivity contribution in [3.05, 3.63) is 24.5 Å². The molecule has 0 unspecified atom stereocenters. The summed E-state index contributed by atoms with van der Waals surface area (Å²) in [6, 6.07) is 4.19. The van der Waals surface area contributed by atoms with E-state index in [0.29, 0.717) is 19.6 Å². The van der Waals surface area contributed by atoms with Crippen molar-refractivity contribution in [2.45, 2.75) is 25.3 Å². The molecule has 28 heavy (non-hydrogen) atoms. The summed E-state index contributed by atoms with van der Waals surface area (Å²) in [6.45, 7) is 5.35. The number of carboxylic acid groups (broad SMARTS) is 1. The van der Waals surface area contributed by atoms with E-state index in [1.54, 1.807) is 12.4 Å². The van der Waals surface area contributed by atoms with Crippen molar-refractivity contribution >= 4 is 42.5 Å². The molecule has 2 aliphatic rings. The topological polar surface area (TPSA) is 89.0 Å². The largest absolute Gasteiger partial charge is 0.481 e. The first kappa shape index (κ1) is 24.3.